The van der Waals surface area contributed by atoms with E-state index < -0.39 is 0 Å². The Balaban J connectivity index is 1.39. The van der Waals surface area contributed by atoms with Crippen LogP contribution in [0.1, 0.15) is 22.3 Å². The standard InChI is InChI=1S/C23H20N2O3/c26-23(20-11-12-21-22(15-20)28-14-4-13-27-21)25-24-16-17-7-9-19(10-8-17)18-5-2-1-3-6-18/h1-3,5-12,15-16H,4,13-14H2,(H,25,26)/b24-16+. The Morgan fingerprint density at radius 1 is 0.857 bits per heavy atom. The average molecular weight is 372 g/mol. The van der Waals surface area contributed by atoms with Gasteiger partial charge in [-0.1, -0.05) is 54.6 Å². The summed E-state index contributed by atoms with van der Waals surface area (Å²) in [5.41, 5.74) is 6.22. The molecule has 0 atom stereocenters. The van der Waals surface area contributed by atoms with E-state index in [1.54, 1.807) is 24.4 Å². The number of fused-ring (bicyclic) bond motifs is 1. The summed E-state index contributed by atoms with van der Waals surface area (Å²) in [5, 5.41) is 4.05. The molecule has 0 radical (unpaired) electrons. The van der Waals surface area contributed by atoms with Crippen molar-refractivity contribution in [2.24, 2.45) is 5.10 Å². The number of amides is 1. The lowest BCUT2D eigenvalue weighted by molar-refractivity contribution is 0.0954. The van der Waals surface area contributed by atoms with E-state index >= 15 is 0 Å². The van der Waals surface area contributed by atoms with E-state index in [2.05, 4.69) is 22.7 Å². The molecule has 5 heteroatoms. The third kappa shape index (κ3) is 4.20. The van der Waals surface area contributed by atoms with Gasteiger partial charge in [-0.05, 0) is 34.9 Å². The minimum atomic E-state index is -0.298. The van der Waals surface area contributed by atoms with Crippen LogP contribution < -0.4 is 14.9 Å². The first-order chi connectivity index (χ1) is 13.8. The zero-order valence-corrected chi connectivity index (χ0v) is 15.3. The topological polar surface area (TPSA) is 59.9 Å². The fraction of sp³-hybridized carbons (Fsp3) is 0.130. The Labute approximate surface area is 163 Å². The molecule has 0 bridgehead atoms. The van der Waals surface area contributed by atoms with Gasteiger partial charge in [0.25, 0.3) is 5.91 Å². The third-order valence-corrected chi connectivity index (χ3v) is 4.41. The van der Waals surface area contributed by atoms with Crippen LogP contribution in [0, 0.1) is 0 Å². The van der Waals surface area contributed by atoms with Crippen LogP contribution in [0.2, 0.25) is 0 Å². The van der Waals surface area contributed by atoms with Crippen LogP contribution in [0.5, 0.6) is 11.5 Å². The van der Waals surface area contributed by atoms with Gasteiger partial charge < -0.3 is 9.47 Å². The van der Waals surface area contributed by atoms with Crippen LogP contribution in [0.25, 0.3) is 11.1 Å². The van der Waals surface area contributed by atoms with Crippen molar-refractivity contribution in [2.75, 3.05) is 13.2 Å². The second kappa shape index (κ2) is 8.39. The van der Waals surface area contributed by atoms with Gasteiger partial charge >= 0.3 is 0 Å². The zero-order valence-electron chi connectivity index (χ0n) is 15.3. The Bertz CT molecular complexity index is 982. The normalized spacial score (nSPS) is 13.1. The number of carbonyl (C=O) groups is 1. The van der Waals surface area contributed by atoms with E-state index in [-0.39, 0.29) is 5.91 Å². The van der Waals surface area contributed by atoms with Crippen molar-refractivity contribution < 1.29 is 14.3 Å². The second-order valence-electron chi connectivity index (χ2n) is 6.40. The second-order valence-corrected chi connectivity index (χ2v) is 6.40. The molecule has 1 N–H and O–H groups in total. The number of benzene rings is 3. The highest BCUT2D eigenvalue weighted by Gasteiger charge is 2.13. The highest BCUT2D eigenvalue weighted by molar-refractivity contribution is 5.95. The minimum absolute atomic E-state index is 0.298. The quantitative estimate of drug-likeness (QED) is 0.549. The number of hydrogen-bond acceptors (Lipinski definition) is 4. The lowest BCUT2D eigenvalue weighted by Gasteiger charge is -2.08. The molecule has 1 aliphatic rings. The summed E-state index contributed by atoms with van der Waals surface area (Å²) in [6, 6.07) is 23.3. The molecule has 0 unspecified atom stereocenters. The molecule has 0 saturated carbocycles. The molecule has 1 aliphatic heterocycles. The van der Waals surface area contributed by atoms with Crippen molar-refractivity contribution in [1.29, 1.82) is 0 Å². The van der Waals surface area contributed by atoms with Gasteiger partial charge in [0.15, 0.2) is 11.5 Å². The number of rotatable bonds is 4. The number of nitrogens with zero attached hydrogens (tertiary/aromatic N) is 1. The van der Waals surface area contributed by atoms with Gasteiger partial charge in [0.1, 0.15) is 0 Å². The Morgan fingerprint density at radius 2 is 1.57 bits per heavy atom. The third-order valence-electron chi connectivity index (χ3n) is 4.41. The molecule has 1 amide bonds. The number of ether oxygens (including phenoxy) is 2. The summed E-state index contributed by atoms with van der Waals surface area (Å²) in [5.74, 6) is 0.953. The summed E-state index contributed by atoms with van der Waals surface area (Å²) in [4.78, 5) is 12.3. The smallest absolute Gasteiger partial charge is 0.271 e. The Hall–Kier alpha value is -3.60. The summed E-state index contributed by atoms with van der Waals surface area (Å²) in [6.07, 6.45) is 2.44. The molecule has 28 heavy (non-hydrogen) atoms. The maximum atomic E-state index is 12.3. The van der Waals surface area contributed by atoms with Crippen LogP contribution >= 0.6 is 0 Å². The number of hydrazone groups is 1. The van der Waals surface area contributed by atoms with Gasteiger partial charge in [0.2, 0.25) is 0 Å². The molecule has 3 aromatic carbocycles. The van der Waals surface area contributed by atoms with Crippen molar-refractivity contribution in [3.63, 3.8) is 0 Å². The van der Waals surface area contributed by atoms with Crippen molar-refractivity contribution in [2.45, 2.75) is 6.42 Å². The molecule has 0 saturated heterocycles. The van der Waals surface area contributed by atoms with Crippen LogP contribution in [0.4, 0.5) is 0 Å². The van der Waals surface area contributed by atoms with E-state index in [1.165, 1.54) is 0 Å². The van der Waals surface area contributed by atoms with Crippen LogP contribution in [-0.2, 0) is 0 Å². The lowest BCUT2D eigenvalue weighted by Crippen LogP contribution is -2.17. The molecule has 0 aliphatic carbocycles. The molecular weight excluding hydrogens is 352 g/mol. The van der Waals surface area contributed by atoms with E-state index in [0.717, 1.165) is 23.1 Å². The van der Waals surface area contributed by atoms with Crippen LogP contribution in [0.15, 0.2) is 77.9 Å². The number of nitrogens with one attached hydrogen (secondary N) is 1. The van der Waals surface area contributed by atoms with Gasteiger partial charge in [-0.25, -0.2) is 5.43 Å². The first-order valence-corrected chi connectivity index (χ1v) is 9.18. The Kier molecular flexibility index (Phi) is 5.33. The number of hydrogen-bond donors (Lipinski definition) is 1. The van der Waals surface area contributed by atoms with Crippen molar-refractivity contribution in [3.05, 3.63) is 83.9 Å². The lowest BCUT2D eigenvalue weighted by atomic mass is 10.0. The molecule has 0 spiro atoms. The van der Waals surface area contributed by atoms with E-state index in [4.69, 9.17) is 9.47 Å². The van der Waals surface area contributed by atoms with Crippen molar-refractivity contribution >= 4 is 12.1 Å². The predicted molar refractivity (Wildman–Crippen MR) is 109 cm³/mol. The maximum absolute atomic E-state index is 12.3. The van der Waals surface area contributed by atoms with Gasteiger partial charge in [0, 0.05) is 12.0 Å². The van der Waals surface area contributed by atoms with Crippen LogP contribution in [-0.4, -0.2) is 25.3 Å². The first-order valence-electron chi connectivity index (χ1n) is 9.18. The average Bonchev–Trinajstić information content (AvgIpc) is 2.99. The summed E-state index contributed by atoms with van der Waals surface area (Å²) in [6.45, 7) is 1.20. The van der Waals surface area contributed by atoms with E-state index in [0.29, 0.717) is 30.3 Å². The first kappa shape index (κ1) is 17.8. The highest BCUT2D eigenvalue weighted by Crippen LogP contribution is 2.30. The van der Waals surface area contributed by atoms with Gasteiger partial charge in [-0.15, -0.1) is 0 Å². The van der Waals surface area contributed by atoms with Crippen LogP contribution in [0.3, 0.4) is 0 Å². The monoisotopic (exact) mass is 372 g/mol. The summed E-state index contributed by atoms with van der Waals surface area (Å²) >= 11 is 0. The molecule has 4 rings (SSSR count). The molecule has 0 fully saturated rings. The number of carbonyl (C=O) groups excluding carboxylic acids is 1. The van der Waals surface area contributed by atoms with Gasteiger partial charge in [0.05, 0.1) is 19.4 Å². The van der Waals surface area contributed by atoms with Crippen molar-refractivity contribution in [3.8, 4) is 22.6 Å². The largest absolute Gasteiger partial charge is 0.490 e. The Morgan fingerprint density at radius 3 is 2.36 bits per heavy atom. The van der Waals surface area contributed by atoms with E-state index in [9.17, 15) is 4.79 Å². The minimum Gasteiger partial charge on any atom is -0.490 e. The fourth-order valence-electron chi connectivity index (χ4n) is 2.93. The molecule has 0 aromatic heterocycles. The maximum Gasteiger partial charge on any atom is 0.271 e. The molecule has 5 nitrogen and oxygen atoms in total. The SMILES string of the molecule is O=C(N/N=C/c1ccc(-c2ccccc2)cc1)c1ccc2c(c1)OCCCO2. The zero-order chi connectivity index (χ0) is 19.2. The van der Waals surface area contributed by atoms with Gasteiger partial charge in [-0.3, -0.25) is 4.79 Å². The van der Waals surface area contributed by atoms with Crippen molar-refractivity contribution in [1.82, 2.24) is 5.43 Å². The highest BCUT2D eigenvalue weighted by atomic mass is 16.5. The van der Waals surface area contributed by atoms with Gasteiger partial charge in [-0.2, -0.15) is 5.10 Å². The molecule has 3 aromatic rings. The molecule has 1 heterocycles. The predicted octanol–water partition coefficient (Wildman–Crippen LogP) is 4.28. The summed E-state index contributed by atoms with van der Waals surface area (Å²) < 4.78 is 11.2. The molecular formula is C23H20N2O3. The van der Waals surface area contributed by atoms with E-state index in [1.807, 2.05) is 42.5 Å². The summed E-state index contributed by atoms with van der Waals surface area (Å²) in [7, 11) is 0. The molecule has 140 valence electrons. The fourth-order valence-corrected chi connectivity index (χ4v) is 2.93.